The zero-order chi connectivity index (χ0) is 17.9. The standard InChI is InChI=1S/C16H23N3O4S/c1-11-7-6-10-19(12(2)15(17)20)16(21)14(11)18-24(22,23)13-8-4-3-5-9-13/h3-5,8-9,11-12,14,18H,6-7,10H2,1-2H3,(H2,17,20). The topological polar surface area (TPSA) is 110 Å². The maximum Gasteiger partial charge on any atom is 0.241 e. The Balaban J connectivity index is 2.29. The molecule has 3 N–H and O–H groups in total. The Morgan fingerprint density at radius 1 is 1.33 bits per heavy atom. The summed E-state index contributed by atoms with van der Waals surface area (Å²) in [7, 11) is -3.82. The lowest BCUT2D eigenvalue weighted by Gasteiger charge is -2.30. The summed E-state index contributed by atoms with van der Waals surface area (Å²) < 4.78 is 27.6. The van der Waals surface area contributed by atoms with Gasteiger partial charge in [-0.05, 0) is 37.8 Å². The second kappa shape index (κ2) is 7.31. The molecular weight excluding hydrogens is 330 g/mol. The number of nitrogens with one attached hydrogen (secondary N) is 1. The first-order chi connectivity index (χ1) is 11.2. The Kier molecular flexibility index (Phi) is 5.61. The molecule has 1 fully saturated rings. The fraction of sp³-hybridized carbons (Fsp3) is 0.500. The second-order valence-corrected chi connectivity index (χ2v) is 7.86. The number of carbonyl (C=O) groups excluding carboxylic acids is 2. The predicted octanol–water partition coefficient (Wildman–Crippen LogP) is 0.466. The summed E-state index contributed by atoms with van der Waals surface area (Å²) in [5, 5.41) is 0. The maximum atomic E-state index is 12.8. The quantitative estimate of drug-likeness (QED) is 0.801. The van der Waals surface area contributed by atoms with E-state index in [1.807, 2.05) is 6.92 Å². The SMILES string of the molecule is CC1CCCN(C(C)C(N)=O)C(=O)C1NS(=O)(=O)c1ccccc1. The van der Waals surface area contributed by atoms with Gasteiger partial charge in [0.1, 0.15) is 12.1 Å². The molecule has 2 amide bonds. The molecule has 0 spiro atoms. The molecule has 1 aromatic carbocycles. The van der Waals surface area contributed by atoms with Crippen molar-refractivity contribution in [1.82, 2.24) is 9.62 Å². The van der Waals surface area contributed by atoms with Gasteiger partial charge in [-0.2, -0.15) is 4.72 Å². The van der Waals surface area contributed by atoms with Crippen LogP contribution < -0.4 is 10.5 Å². The third-order valence-electron chi connectivity index (χ3n) is 4.39. The van der Waals surface area contributed by atoms with Crippen molar-refractivity contribution in [3.63, 3.8) is 0 Å². The van der Waals surface area contributed by atoms with Crippen LogP contribution in [0.2, 0.25) is 0 Å². The molecule has 2 rings (SSSR count). The average molecular weight is 353 g/mol. The number of hydrogen-bond acceptors (Lipinski definition) is 4. The number of amides is 2. The second-order valence-electron chi connectivity index (χ2n) is 6.14. The minimum atomic E-state index is -3.82. The van der Waals surface area contributed by atoms with E-state index in [1.54, 1.807) is 25.1 Å². The molecule has 3 atom stereocenters. The van der Waals surface area contributed by atoms with E-state index in [1.165, 1.54) is 17.0 Å². The highest BCUT2D eigenvalue weighted by Gasteiger charge is 2.38. The van der Waals surface area contributed by atoms with Crippen molar-refractivity contribution in [1.29, 1.82) is 0 Å². The van der Waals surface area contributed by atoms with Crippen LogP contribution in [-0.2, 0) is 19.6 Å². The molecule has 1 aromatic rings. The lowest BCUT2D eigenvalue weighted by atomic mass is 9.98. The van der Waals surface area contributed by atoms with E-state index >= 15 is 0 Å². The van der Waals surface area contributed by atoms with Crippen molar-refractivity contribution in [3.8, 4) is 0 Å². The molecule has 24 heavy (non-hydrogen) atoms. The molecule has 0 saturated carbocycles. The zero-order valence-electron chi connectivity index (χ0n) is 13.8. The van der Waals surface area contributed by atoms with Crippen LogP contribution in [0.25, 0.3) is 0 Å². The molecule has 0 bridgehead atoms. The van der Waals surface area contributed by atoms with E-state index in [2.05, 4.69) is 4.72 Å². The van der Waals surface area contributed by atoms with E-state index in [0.29, 0.717) is 19.4 Å². The van der Waals surface area contributed by atoms with E-state index < -0.39 is 33.9 Å². The summed E-state index contributed by atoms with van der Waals surface area (Å²) in [6, 6.07) is 6.21. The molecule has 1 saturated heterocycles. The maximum absolute atomic E-state index is 12.8. The van der Waals surface area contributed by atoms with Gasteiger partial charge in [-0.25, -0.2) is 8.42 Å². The zero-order valence-corrected chi connectivity index (χ0v) is 14.6. The van der Waals surface area contributed by atoms with Gasteiger partial charge in [0.2, 0.25) is 21.8 Å². The van der Waals surface area contributed by atoms with Crippen molar-refractivity contribution >= 4 is 21.8 Å². The number of sulfonamides is 1. The molecule has 8 heteroatoms. The number of nitrogens with zero attached hydrogens (tertiary/aromatic N) is 1. The van der Waals surface area contributed by atoms with E-state index in [9.17, 15) is 18.0 Å². The van der Waals surface area contributed by atoms with Gasteiger partial charge in [0.15, 0.2) is 0 Å². The van der Waals surface area contributed by atoms with Crippen LogP contribution in [0.4, 0.5) is 0 Å². The Morgan fingerprint density at radius 3 is 2.54 bits per heavy atom. The third kappa shape index (κ3) is 3.93. The highest BCUT2D eigenvalue weighted by molar-refractivity contribution is 7.89. The molecule has 0 radical (unpaired) electrons. The summed E-state index contributed by atoms with van der Waals surface area (Å²) >= 11 is 0. The average Bonchev–Trinajstić information content (AvgIpc) is 2.68. The van der Waals surface area contributed by atoms with Crippen LogP contribution in [0, 0.1) is 5.92 Å². The monoisotopic (exact) mass is 353 g/mol. The van der Waals surface area contributed by atoms with Crippen LogP contribution in [0.5, 0.6) is 0 Å². The lowest BCUT2D eigenvalue weighted by molar-refractivity contribution is -0.140. The minimum Gasteiger partial charge on any atom is -0.368 e. The highest BCUT2D eigenvalue weighted by Crippen LogP contribution is 2.22. The van der Waals surface area contributed by atoms with Gasteiger partial charge in [-0.15, -0.1) is 0 Å². The van der Waals surface area contributed by atoms with Crippen molar-refractivity contribution < 1.29 is 18.0 Å². The summed E-state index contributed by atoms with van der Waals surface area (Å²) in [6.07, 6.45) is 1.36. The van der Waals surface area contributed by atoms with Crippen LogP contribution in [0.3, 0.4) is 0 Å². The predicted molar refractivity (Wildman–Crippen MR) is 89.3 cm³/mol. The number of likely N-dealkylation sites (tertiary alicyclic amines) is 1. The largest absolute Gasteiger partial charge is 0.368 e. The van der Waals surface area contributed by atoms with Gasteiger partial charge in [0.25, 0.3) is 0 Å². The molecular formula is C16H23N3O4S. The van der Waals surface area contributed by atoms with Crippen LogP contribution >= 0.6 is 0 Å². The molecule has 0 aromatic heterocycles. The molecule has 132 valence electrons. The van der Waals surface area contributed by atoms with Gasteiger partial charge in [-0.1, -0.05) is 25.1 Å². The number of benzene rings is 1. The molecule has 3 unspecified atom stereocenters. The van der Waals surface area contributed by atoms with E-state index in [-0.39, 0.29) is 10.8 Å². The van der Waals surface area contributed by atoms with E-state index in [4.69, 9.17) is 5.73 Å². The van der Waals surface area contributed by atoms with E-state index in [0.717, 1.165) is 0 Å². The first kappa shape index (κ1) is 18.4. The summed E-state index contributed by atoms with van der Waals surface area (Å²) in [4.78, 5) is 25.7. The molecule has 7 nitrogen and oxygen atoms in total. The van der Waals surface area contributed by atoms with Crippen LogP contribution in [0.1, 0.15) is 26.7 Å². The third-order valence-corrected chi connectivity index (χ3v) is 5.85. The Labute approximate surface area is 142 Å². The normalized spacial score (nSPS) is 23.6. The first-order valence-corrected chi connectivity index (χ1v) is 9.39. The van der Waals surface area contributed by atoms with Crippen LogP contribution in [-0.4, -0.2) is 43.8 Å². The van der Waals surface area contributed by atoms with Gasteiger partial charge >= 0.3 is 0 Å². The molecule has 0 aliphatic carbocycles. The summed E-state index contributed by atoms with van der Waals surface area (Å²) in [5.74, 6) is -1.20. The molecule has 1 aliphatic heterocycles. The number of carbonyl (C=O) groups is 2. The Morgan fingerprint density at radius 2 is 1.96 bits per heavy atom. The van der Waals surface area contributed by atoms with Crippen molar-refractivity contribution in [2.45, 2.75) is 43.7 Å². The smallest absolute Gasteiger partial charge is 0.241 e. The van der Waals surface area contributed by atoms with Gasteiger partial charge < -0.3 is 10.6 Å². The minimum absolute atomic E-state index is 0.101. The van der Waals surface area contributed by atoms with Crippen molar-refractivity contribution in [3.05, 3.63) is 30.3 Å². The van der Waals surface area contributed by atoms with Crippen molar-refractivity contribution in [2.24, 2.45) is 11.7 Å². The summed E-state index contributed by atoms with van der Waals surface area (Å²) in [6.45, 7) is 3.77. The summed E-state index contributed by atoms with van der Waals surface area (Å²) in [5.41, 5.74) is 5.31. The number of hydrogen-bond donors (Lipinski definition) is 2. The highest BCUT2D eigenvalue weighted by atomic mass is 32.2. The molecule has 1 heterocycles. The van der Waals surface area contributed by atoms with Gasteiger partial charge in [0, 0.05) is 6.54 Å². The Bertz CT molecular complexity index is 705. The number of primary amides is 1. The van der Waals surface area contributed by atoms with Gasteiger partial charge in [-0.3, -0.25) is 9.59 Å². The first-order valence-electron chi connectivity index (χ1n) is 7.91. The lowest BCUT2D eigenvalue weighted by Crippen LogP contribution is -2.54. The molecule has 1 aliphatic rings. The van der Waals surface area contributed by atoms with Crippen LogP contribution in [0.15, 0.2) is 35.2 Å². The number of rotatable bonds is 5. The Hall–Kier alpha value is -1.93. The van der Waals surface area contributed by atoms with Gasteiger partial charge in [0.05, 0.1) is 4.90 Å². The fourth-order valence-corrected chi connectivity index (χ4v) is 4.14. The van der Waals surface area contributed by atoms with Crippen molar-refractivity contribution in [2.75, 3.05) is 6.54 Å². The fourth-order valence-electron chi connectivity index (χ4n) is 2.82. The number of nitrogens with two attached hydrogens (primary N) is 1.